The second-order valence-corrected chi connectivity index (χ2v) is 1.37. The maximum atomic E-state index is 4.91. The van der Waals surface area contributed by atoms with Gasteiger partial charge in [-0.3, -0.25) is 0 Å². The Morgan fingerprint density at radius 2 is 2.33 bits per heavy atom. The van der Waals surface area contributed by atoms with E-state index in [0.717, 1.165) is 19.0 Å². The van der Waals surface area contributed by atoms with Gasteiger partial charge in [0.15, 0.2) is 0 Å². The van der Waals surface area contributed by atoms with Crippen molar-refractivity contribution in [2.45, 2.75) is 6.92 Å². The fourth-order valence-electron chi connectivity index (χ4n) is 0.209. The molecular weight excluding hydrogens is 96.1 g/mol. The minimum Gasteiger partial charge on any atom is -0.381 e. The quantitative estimate of drug-likeness (QED) is 0.416. The molecule has 0 aliphatic rings. The molecule has 0 aliphatic heterocycles. The monoisotopic (exact) mass is 106 g/mol. The summed E-state index contributed by atoms with van der Waals surface area (Å²) in [5, 5.41) is 0. The van der Waals surface area contributed by atoms with E-state index in [4.69, 9.17) is 4.74 Å². The summed E-state index contributed by atoms with van der Waals surface area (Å²) in [5.74, 6) is 0.827. The Kier molecular flexibility index (Phi) is 5.58. The summed E-state index contributed by atoms with van der Waals surface area (Å²) in [6, 6.07) is 0. The van der Waals surface area contributed by atoms with Crippen LogP contribution in [0.3, 0.4) is 0 Å². The second kappa shape index (κ2) is 5.31. The zero-order valence-corrected chi connectivity index (χ0v) is 4.87. The molecule has 0 amide bonds. The van der Waals surface area contributed by atoms with E-state index in [-0.39, 0.29) is 0 Å². The molecular formula is C4H10OS. The largest absolute Gasteiger partial charge is 0.381 e. The molecule has 0 rings (SSSR count). The van der Waals surface area contributed by atoms with Crippen LogP contribution in [0.5, 0.6) is 0 Å². The standard InChI is InChI=1S/C4H10OS/c1-2-5-3-4-6/h6H,2-4H2,1H3. The first-order valence-corrected chi connectivity index (χ1v) is 2.73. The van der Waals surface area contributed by atoms with Crippen molar-refractivity contribution in [2.24, 2.45) is 0 Å². The first kappa shape index (κ1) is 6.31. The molecule has 0 spiro atoms. The second-order valence-electron chi connectivity index (χ2n) is 0.921. The van der Waals surface area contributed by atoms with Gasteiger partial charge in [-0.2, -0.15) is 12.6 Å². The van der Waals surface area contributed by atoms with Crippen molar-refractivity contribution >= 4 is 12.6 Å². The van der Waals surface area contributed by atoms with Gasteiger partial charge in [-0.25, -0.2) is 0 Å². The van der Waals surface area contributed by atoms with Crippen LogP contribution in [0, 0.1) is 0 Å². The van der Waals surface area contributed by atoms with Crippen molar-refractivity contribution in [3.05, 3.63) is 0 Å². The topological polar surface area (TPSA) is 9.23 Å². The molecule has 0 aliphatic carbocycles. The summed E-state index contributed by atoms with van der Waals surface area (Å²) < 4.78 is 4.91. The summed E-state index contributed by atoms with van der Waals surface area (Å²) in [5.41, 5.74) is 0. The van der Waals surface area contributed by atoms with E-state index in [1.807, 2.05) is 6.92 Å². The van der Waals surface area contributed by atoms with Gasteiger partial charge in [-0.05, 0) is 6.92 Å². The van der Waals surface area contributed by atoms with Crippen LogP contribution in [-0.4, -0.2) is 19.0 Å². The van der Waals surface area contributed by atoms with Crippen LogP contribution in [0.25, 0.3) is 0 Å². The first-order valence-electron chi connectivity index (χ1n) is 2.10. The molecule has 0 saturated heterocycles. The lowest BCUT2D eigenvalue weighted by molar-refractivity contribution is 0.165. The van der Waals surface area contributed by atoms with E-state index < -0.39 is 0 Å². The summed E-state index contributed by atoms with van der Waals surface area (Å²) in [6.07, 6.45) is 0. The summed E-state index contributed by atoms with van der Waals surface area (Å²) in [4.78, 5) is 0. The molecule has 0 heterocycles. The van der Waals surface area contributed by atoms with Gasteiger partial charge in [0.25, 0.3) is 0 Å². The Labute approximate surface area is 44.1 Å². The van der Waals surface area contributed by atoms with Crippen molar-refractivity contribution in [1.82, 2.24) is 0 Å². The van der Waals surface area contributed by atoms with Crippen molar-refractivity contribution < 1.29 is 4.74 Å². The lowest BCUT2D eigenvalue weighted by Crippen LogP contribution is -1.92. The number of hydrogen-bond acceptors (Lipinski definition) is 2. The molecule has 2 heteroatoms. The predicted molar refractivity (Wildman–Crippen MR) is 30.3 cm³/mol. The van der Waals surface area contributed by atoms with Crippen molar-refractivity contribution in [3.8, 4) is 0 Å². The predicted octanol–water partition coefficient (Wildman–Crippen LogP) is 0.953. The van der Waals surface area contributed by atoms with E-state index in [1.54, 1.807) is 0 Å². The molecule has 0 atom stereocenters. The normalized spacial score (nSPS) is 9.00. The molecule has 0 fully saturated rings. The molecule has 38 valence electrons. The van der Waals surface area contributed by atoms with Crippen LogP contribution < -0.4 is 0 Å². The Balaban J connectivity index is 2.34. The van der Waals surface area contributed by atoms with Crippen LogP contribution in [0.4, 0.5) is 0 Å². The number of ether oxygens (including phenoxy) is 1. The van der Waals surface area contributed by atoms with Crippen molar-refractivity contribution in [3.63, 3.8) is 0 Å². The zero-order valence-electron chi connectivity index (χ0n) is 3.98. The SMILES string of the molecule is CCOCCS. The zero-order chi connectivity index (χ0) is 4.83. The van der Waals surface area contributed by atoms with E-state index >= 15 is 0 Å². The van der Waals surface area contributed by atoms with E-state index in [0.29, 0.717) is 0 Å². The third-order valence-corrected chi connectivity index (χ3v) is 0.622. The molecule has 0 unspecified atom stereocenters. The number of thiol groups is 1. The van der Waals surface area contributed by atoms with Crippen molar-refractivity contribution in [1.29, 1.82) is 0 Å². The van der Waals surface area contributed by atoms with Gasteiger partial charge < -0.3 is 4.74 Å². The lowest BCUT2D eigenvalue weighted by atomic mass is 10.8. The Hall–Kier alpha value is 0.310. The lowest BCUT2D eigenvalue weighted by Gasteiger charge is -1.91. The number of hydrogen-bond donors (Lipinski definition) is 1. The molecule has 0 aromatic carbocycles. The minimum absolute atomic E-state index is 0.777. The highest BCUT2D eigenvalue weighted by Gasteiger charge is 1.73. The third kappa shape index (κ3) is 4.31. The summed E-state index contributed by atoms with van der Waals surface area (Å²) in [7, 11) is 0. The van der Waals surface area contributed by atoms with Crippen molar-refractivity contribution in [2.75, 3.05) is 19.0 Å². The van der Waals surface area contributed by atoms with Gasteiger partial charge in [0.1, 0.15) is 0 Å². The molecule has 0 saturated carbocycles. The molecule has 0 N–H and O–H groups in total. The van der Waals surface area contributed by atoms with Gasteiger partial charge >= 0.3 is 0 Å². The van der Waals surface area contributed by atoms with E-state index in [1.165, 1.54) is 0 Å². The molecule has 0 aromatic heterocycles. The molecule has 0 aromatic rings. The average Bonchev–Trinajstić information content (AvgIpc) is 1.61. The highest BCUT2D eigenvalue weighted by Crippen LogP contribution is 1.74. The smallest absolute Gasteiger partial charge is 0.0554 e. The van der Waals surface area contributed by atoms with Crippen LogP contribution in [0.1, 0.15) is 6.92 Å². The minimum atomic E-state index is 0.777. The average molecular weight is 106 g/mol. The fourth-order valence-corrected chi connectivity index (χ4v) is 0.338. The van der Waals surface area contributed by atoms with E-state index in [2.05, 4.69) is 12.6 Å². The maximum absolute atomic E-state index is 4.91. The molecule has 6 heavy (non-hydrogen) atoms. The van der Waals surface area contributed by atoms with Crippen LogP contribution in [-0.2, 0) is 4.74 Å². The highest BCUT2D eigenvalue weighted by molar-refractivity contribution is 7.80. The van der Waals surface area contributed by atoms with Crippen LogP contribution in [0.15, 0.2) is 0 Å². The summed E-state index contributed by atoms with van der Waals surface area (Å²) >= 11 is 3.93. The highest BCUT2D eigenvalue weighted by atomic mass is 32.1. The van der Waals surface area contributed by atoms with Gasteiger partial charge in [-0.1, -0.05) is 0 Å². The van der Waals surface area contributed by atoms with Crippen LogP contribution >= 0.6 is 12.6 Å². The number of rotatable bonds is 3. The molecule has 0 radical (unpaired) electrons. The molecule has 0 bridgehead atoms. The van der Waals surface area contributed by atoms with Crippen LogP contribution in [0.2, 0.25) is 0 Å². The fraction of sp³-hybridized carbons (Fsp3) is 1.00. The Bertz CT molecular complexity index is 19.5. The van der Waals surface area contributed by atoms with E-state index in [9.17, 15) is 0 Å². The van der Waals surface area contributed by atoms with Gasteiger partial charge in [0, 0.05) is 12.4 Å². The van der Waals surface area contributed by atoms with Gasteiger partial charge in [-0.15, -0.1) is 0 Å². The first-order chi connectivity index (χ1) is 2.91. The summed E-state index contributed by atoms with van der Waals surface area (Å²) in [6.45, 7) is 3.56. The maximum Gasteiger partial charge on any atom is 0.0554 e. The van der Waals surface area contributed by atoms with Gasteiger partial charge in [0.05, 0.1) is 6.61 Å². The Morgan fingerprint density at radius 3 is 2.50 bits per heavy atom. The van der Waals surface area contributed by atoms with Gasteiger partial charge in [0.2, 0.25) is 0 Å². The third-order valence-electron chi connectivity index (χ3n) is 0.440. The molecule has 1 nitrogen and oxygen atoms in total. The Morgan fingerprint density at radius 1 is 1.67 bits per heavy atom.